The quantitative estimate of drug-likeness (QED) is 0.357. The Morgan fingerprint density at radius 1 is 1.13 bits per heavy atom. The molecule has 8 heteroatoms. The summed E-state index contributed by atoms with van der Waals surface area (Å²) in [6.07, 6.45) is 3.02. The van der Waals surface area contributed by atoms with Gasteiger partial charge in [0.05, 0.1) is 12.2 Å². The van der Waals surface area contributed by atoms with E-state index in [1.165, 1.54) is 0 Å². The number of amides is 2. The average Bonchev–Trinajstić information content (AvgIpc) is 2.74. The lowest BCUT2D eigenvalue weighted by Crippen LogP contribution is -2.34. The topological polar surface area (TPSA) is 79.5 Å². The summed E-state index contributed by atoms with van der Waals surface area (Å²) in [5.41, 5.74) is 2.20. The Bertz CT molecular complexity index is 888. The van der Waals surface area contributed by atoms with Gasteiger partial charge in [0.1, 0.15) is 5.75 Å². The number of nitrogens with one attached hydrogen (secondary N) is 3. The van der Waals surface area contributed by atoms with Crippen LogP contribution in [-0.4, -0.2) is 30.6 Å². The number of aryl methyl sites for hydroxylation is 1. The number of halogens is 1. The van der Waals surface area contributed by atoms with Gasteiger partial charge in [-0.05, 0) is 61.0 Å². The lowest BCUT2D eigenvalue weighted by atomic mass is 10.1. The van der Waals surface area contributed by atoms with E-state index in [-0.39, 0.29) is 16.9 Å². The monoisotopic (exact) mass is 491 g/mol. The van der Waals surface area contributed by atoms with Crippen molar-refractivity contribution in [2.24, 2.45) is 0 Å². The second-order valence-electron chi connectivity index (χ2n) is 6.62. The van der Waals surface area contributed by atoms with Crippen LogP contribution in [0.25, 0.3) is 0 Å². The van der Waals surface area contributed by atoms with E-state index in [0.29, 0.717) is 30.8 Å². The van der Waals surface area contributed by atoms with Crippen molar-refractivity contribution in [3.8, 4) is 5.75 Å². The standard InChI is InChI=1S/C22H26BrN3O3S/c1-3-4-13-29-19-11-8-16(23)14-18(19)21(28)26-22(30)25-17-9-5-15(6-10-17)7-12-20(27)24-2/h5-6,8-11,14H,3-4,7,12-13H2,1-2H3,(H,24,27)(H2,25,26,28,30). The number of carbonyl (C=O) groups excluding carboxylic acids is 2. The summed E-state index contributed by atoms with van der Waals surface area (Å²) < 4.78 is 6.52. The number of hydrogen-bond acceptors (Lipinski definition) is 4. The van der Waals surface area contributed by atoms with Gasteiger partial charge in [-0.3, -0.25) is 14.9 Å². The van der Waals surface area contributed by atoms with E-state index < -0.39 is 0 Å². The number of carbonyl (C=O) groups is 2. The lowest BCUT2D eigenvalue weighted by Gasteiger charge is -2.13. The second-order valence-corrected chi connectivity index (χ2v) is 7.94. The number of thiocarbonyl (C=S) groups is 1. The van der Waals surface area contributed by atoms with Crippen LogP contribution in [-0.2, 0) is 11.2 Å². The van der Waals surface area contributed by atoms with E-state index in [1.807, 2.05) is 30.3 Å². The van der Waals surface area contributed by atoms with Crippen molar-refractivity contribution in [1.82, 2.24) is 10.6 Å². The Kier molecular flexibility index (Phi) is 9.76. The molecule has 3 N–H and O–H groups in total. The fraction of sp³-hybridized carbons (Fsp3) is 0.318. The van der Waals surface area contributed by atoms with Crippen molar-refractivity contribution in [3.05, 3.63) is 58.1 Å². The molecule has 0 heterocycles. The number of hydrogen-bond donors (Lipinski definition) is 3. The molecule has 0 aromatic heterocycles. The van der Waals surface area contributed by atoms with E-state index in [1.54, 1.807) is 19.2 Å². The van der Waals surface area contributed by atoms with Crippen molar-refractivity contribution in [1.29, 1.82) is 0 Å². The smallest absolute Gasteiger partial charge is 0.261 e. The third-order valence-corrected chi connectivity index (χ3v) is 5.00. The zero-order valence-corrected chi connectivity index (χ0v) is 19.5. The summed E-state index contributed by atoms with van der Waals surface area (Å²) in [7, 11) is 1.62. The molecule has 30 heavy (non-hydrogen) atoms. The number of anilines is 1. The molecule has 0 unspecified atom stereocenters. The molecule has 0 aliphatic rings. The third kappa shape index (κ3) is 7.76. The molecule has 160 valence electrons. The van der Waals surface area contributed by atoms with Crippen molar-refractivity contribution < 1.29 is 14.3 Å². The Hall–Kier alpha value is -2.45. The highest BCUT2D eigenvalue weighted by molar-refractivity contribution is 9.10. The van der Waals surface area contributed by atoms with Crippen LogP contribution in [0.5, 0.6) is 5.75 Å². The van der Waals surface area contributed by atoms with E-state index in [9.17, 15) is 9.59 Å². The number of ether oxygens (including phenoxy) is 1. The minimum Gasteiger partial charge on any atom is -0.493 e. The third-order valence-electron chi connectivity index (χ3n) is 4.30. The molecule has 6 nitrogen and oxygen atoms in total. The first-order valence-corrected chi connectivity index (χ1v) is 11.0. The average molecular weight is 492 g/mol. The van der Waals surface area contributed by atoms with E-state index in [0.717, 1.165) is 28.6 Å². The highest BCUT2D eigenvalue weighted by Gasteiger charge is 2.15. The fourth-order valence-corrected chi connectivity index (χ4v) is 3.17. The maximum absolute atomic E-state index is 12.7. The highest BCUT2D eigenvalue weighted by Crippen LogP contribution is 2.23. The maximum atomic E-state index is 12.7. The Morgan fingerprint density at radius 2 is 1.87 bits per heavy atom. The van der Waals surface area contributed by atoms with Crippen LogP contribution in [0.15, 0.2) is 46.9 Å². The first-order valence-electron chi connectivity index (χ1n) is 9.77. The predicted molar refractivity (Wildman–Crippen MR) is 127 cm³/mol. The zero-order chi connectivity index (χ0) is 21.9. The van der Waals surface area contributed by atoms with Gasteiger partial charge in [0.25, 0.3) is 5.91 Å². The van der Waals surface area contributed by atoms with E-state index >= 15 is 0 Å². The SMILES string of the molecule is CCCCOc1ccc(Br)cc1C(=O)NC(=S)Nc1ccc(CCC(=O)NC)cc1. The van der Waals surface area contributed by atoms with Crippen LogP contribution in [0, 0.1) is 0 Å². The van der Waals surface area contributed by atoms with Crippen molar-refractivity contribution in [2.75, 3.05) is 19.0 Å². The summed E-state index contributed by atoms with van der Waals surface area (Å²) in [6, 6.07) is 12.9. The van der Waals surface area contributed by atoms with Gasteiger partial charge in [-0.15, -0.1) is 0 Å². The largest absolute Gasteiger partial charge is 0.493 e. The minimum atomic E-state index is -0.345. The summed E-state index contributed by atoms with van der Waals surface area (Å²) in [5, 5.41) is 8.49. The summed E-state index contributed by atoms with van der Waals surface area (Å²) >= 11 is 8.67. The van der Waals surface area contributed by atoms with E-state index in [4.69, 9.17) is 17.0 Å². The Morgan fingerprint density at radius 3 is 2.53 bits per heavy atom. The van der Waals surface area contributed by atoms with Crippen LogP contribution in [0.1, 0.15) is 42.1 Å². The van der Waals surface area contributed by atoms with Crippen molar-refractivity contribution >= 4 is 50.8 Å². The normalized spacial score (nSPS) is 10.2. The first kappa shape index (κ1) is 23.8. The molecular formula is C22H26BrN3O3S. The minimum absolute atomic E-state index is 0.00619. The molecular weight excluding hydrogens is 466 g/mol. The highest BCUT2D eigenvalue weighted by atomic mass is 79.9. The number of benzene rings is 2. The van der Waals surface area contributed by atoms with Gasteiger partial charge < -0.3 is 15.4 Å². The second kappa shape index (κ2) is 12.3. The van der Waals surface area contributed by atoms with E-state index in [2.05, 4.69) is 38.8 Å². The molecule has 0 saturated heterocycles. The fourth-order valence-electron chi connectivity index (χ4n) is 2.60. The molecule has 0 saturated carbocycles. The molecule has 2 aromatic rings. The van der Waals surface area contributed by atoms with Crippen LogP contribution >= 0.6 is 28.1 Å². The predicted octanol–water partition coefficient (Wildman–Crippen LogP) is 4.43. The maximum Gasteiger partial charge on any atom is 0.261 e. The van der Waals surface area contributed by atoms with Gasteiger partial charge in [-0.25, -0.2) is 0 Å². The summed E-state index contributed by atoms with van der Waals surface area (Å²) in [6.45, 7) is 2.63. The zero-order valence-electron chi connectivity index (χ0n) is 17.1. The van der Waals surface area contributed by atoms with Gasteiger partial charge in [0.2, 0.25) is 5.91 Å². The summed E-state index contributed by atoms with van der Waals surface area (Å²) in [5.74, 6) is 0.182. The van der Waals surface area contributed by atoms with Gasteiger partial charge >= 0.3 is 0 Å². The number of unbranched alkanes of at least 4 members (excludes halogenated alkanes) is 1. The van der Waals surface area contributed by atoms with Crippen LogP contribution in [0.2, 0.25) is 0 Å². The molecule has 0 atom stereocenters. The van der Waals surface area contributed by atoms with Crippen molar-refractivity contribution in [2.45, 2.75) is 32.6 Å². The van der Waals surface area contributed by atoms with Gasteiger partial charge in [-0.2, -0.15) is 0 Å². The molecule has 2 aromatic carbocycles. The van der Waals surface area contributed by atoms with Crippen LogP contribution in [0.3, 0.4) is 0 Å². The molecule has 0 fully saturated rings. The summed E-state index contributed by atoms with van der Waals surface area (Å²) in [4.78, 5) is 24.0. The molecule has 0 bridgehead atoms. The molecule has 0 spiro atoms. The first-order chi connectivity index (χ1) is 14.4. The van der Waals surface area contributed by atoms with Gasteiger partial charge in [0, 0.05) is 23.6 Å². The Balaban J connectivity index is 1.95. The van der Waals surface area contributed by atoms with Crippen LogP contribution < -0.4 is 20.7 Å². The van der Waals surface area contributed by atoms with Crippen LogP contribution in [0.4, 0.5) is 5.69 Å². The number of rotatable bonds is 9. The lowest BCUT2D eigenvalue weighted by molar-refractivity contribution is -0.120. The molecule has 0 radical (unpaired) electrons. The van der Waals surface area contributed by atoms with Gasteiger partial charge in [-0.1, -0.05) is 41.4 Å². The van der Waals surface area contributed by atoms with Gasteiger partial charge in [0.15, 0.2) is 5.11 Å². The molecule has 0 aliphatic heterocycles. The molecule has 0 aliphatic carbocycles. The molecule has 2 amide bonds. The molecule has 2 rings (SSSR count). The van der Waals surface area contributed by atoms with Crippen molar-refractivity contribution in [3.63, 3.8) is 0 Å². The Labute approximate surface area is 190 Å².